The van der Waals surface area contributed by atoms with E-state index in [4.69, 9.17) is 9.97 Å². The summed E-state index contributed by atoms with van der Waals surface area (Å²) in [6.07, 6.45) is 0.463. The van der Waals surface area contributed by atoms with Crippen LogP contribution in [0.4, 0.5) is 0 Å². The Bertz CT molecular complexity index is 1940. The Labute approximate surface area is 275 Å². The third-order valence-electron chi connectivity index (χ3n) is 7.59. The van der Waals surface area contributed by atoms with Crippen molar-refractivity contribution in [1.82, 2.24) is 19.9 Å². The lowest BCUT2D eigenvalue weighted by Crippen LogP contribution is -1.96. The fourth-order valence-electron chi connectivity index (χ4n) is 5.33. The number of aromatic nitrogens is 4. The van der Waals surface area contributed by atoms with Crippen molar-refractivity contribution in [2.75, 3.05) is 0 Å². The number of rotatable bonds is 6. The molecule has 3 aromatic heterocycles. The van der Waals surface area contributed by atoms with Crippen molar-refractivity contribution >= 4 is 120 Å². The minimum Gasteiger partial charge on any atom is -0.481 e. The van der Waals surface area contributed by atoms with Gasteiger partial charge in [0.1, 0.15) is 0 Å². The molecule has 2 aliphatic rings. The van der Waals surface area contributed by atoms with E-state index in [1.165, 1.54) is 0 Å². The molecule has 3 aromatic rings. The Morgan fingerprint density at radius 1 is 0.643 bits per heavy atom. The van der Waals surface area contributed by atoms with Gasteiger partial charge in [0, 0.05) is 12.8 Å². The van der Waals surface area contributed by atoms with Crippen LogP contribution in [0.1, 0.15) is 73.4 Å². The van der Waals surface area contributed by atoms with Crippen molar-refractivity contribution in [3.8, 4) is 0 Å². The van der Waals surface area contributed by atoms with Crippen molar-refractivity contribution in [1.29, 1.82) is 0 Å². The minimum atomic E-state index is -0.898. The summed E-state index contributed by atoms with van der Waals surface area (Å²) in [5.41, 5.74) is 11.3. The first-order valence-corrected chi connectivity index (χ1v) is 16.2. The molecule has 0 fully saturated rings. The molecule has 42 heavy (non-hydrogen) atoms. The number of hydrogen-bond donors (Lipinski definition) is 4. The first-order valence-electron chi connectivity index (χ1n) is 13.1. The molecule has 218 valence electrons. The average molecular weight is 826 g/mol. The molecule has 0 radical (unpaired) electrons. The second-order valence-corrected chi connectivity index (χ2v) is 13.5. The molecular weight excluding hydrogens is 800 g/mol. The van der Waals surface area contributed by atoms with Gasteiger partial charge >= 0.3 is 11.9 Å². The van der Waals surface area contributed by atoms with Gasteiger partial charge in [-0.2, -0.15) is 0 Å². The maximum absolute atomic E-state index is 11.6. The van der Waals surface area contributed by atoms with Crippen LogP contribution in [0.5, 0.6) is 0 Å². The third kappa shape index (κ3) is 5.46. The molecule has 0 aromatic carbocycles. The number of carboxylic acids is 2. The van der Waals surface area contributed by atoms with E-state index in [0.717, 1.165) is 64.4 Å². The van der Waals surface area contributed by atoms with Crippen molar-refractivity contribution in [3.63, 3.8) is 0 Å². The van der Waals surface area contributed by atoms with E-state index in [2.05, 4.69) is 79.8 Å². The van der Waals surface area contributed by atoms with Crippen molar-refractivity contribution in [2.45, 2.75) is 53.4 Å². The molecule has 4 N–H and O–H groups in total. The zero-order chi connectivity index (χ0) is 30.6. The van der Waals surface area contributed by atoms with Crippen molar-refractivity contribution < 1.29 is 19.8 Å². The summed E-state index contributed by atoms with van der Waals surface area (Å²) in [5, 5.41) is 19.0. The van der Waals surface area contributed by atoms with Crippen LogP contribution in [0.3, 0.4) is 0 Å². The molecule has 0 spiro atoms. The van der Waals surface area contributed by atoms with Gasteiger partial charge in [-0.25, -0.2) is 9.97 Å². The number of carboxylic acid groups (broad SMARTS) is 2. The average Bonchev–Trinajstić information content (AvgIpc) is 3.68. The van der Waals surface area contributed by atoms with Gasteiger partial charge in [0.2, 0.25) is 0 Å². The van der Waals surface area contributed by atoms with E-state index in [0.29, 0.717) is 31.7 Å². The maximum atomic E-state index is 11.6. The Kier molecular flexibility index (Phi) is 8.73. The highest BCUT2D eigenvalue weighted by Crippen LogP contribution is 2.45. The summed E-state index contributed by atoms with van der Waals surface area (Å²) in [7, 11) is 0. The minimum absolute atomic E-state index is 0.0526. The lowest BCUT2D eigenvalue weighted by atomic mass is 9.99. The van der Waals surface area contributed by atoms with E-state index in [1.54, 1.807) is 0 Å². The second kappa shape index (κ2) is 11.9. The SMILES string of the molecule is CC1=C(CCC(=O)O)c2nc1c(Br)c1nc(c(Br)c3cc(C)c([nH]3)c(Br)c3cc(C)c([nH]3)c2Br)C(C)=C1CCC(=O)O. The molecule has 0 saturated heterocycles. The monoisotopic (exact) mass is 822 g/mol. The molecular formula is C30H26Br4N4O4. The van der Waals surface area contributed by atoms with E-state index in [1.807, 2.05) is 33.8 Å². The topological polar surface area (TPSA) is 132 Å². The number of nitrogens with one attached hydrogen (secondary N) is 2. The zero-order valence-corrected chi connectivity index (χ0v) is 29.4. The summed E-state index contributed by atoms with van der Waals surface area (Å²) < 4.78 is 2.93. The summed E-state index contributed by atoms with van der Waals surface area (Å²) in [5.74, 6) is -1.79. The van der Waals surface area contributed by atoms with Crippen LogP contribution in [0.25, 0.3) is 44.4 Å². The second-order valence-electron chi connectivity index (χ2n) is 10.4. The van der Waals surface area contributed by atoms with Crippen LogP contribution in [0, 0.1) is 13.8 Å². The van der Waals surface area contributed by atoms with Gasteiger partial charge in [0.05, 0.1) is 62.7 Å². The number of H-pyrrole nitrogens is 2. The molecule has 8 nitrogen and oxygen atoms in total. The molecule has 0 unspecified atom stereocenters. The first-order chi connectivity index (χ1) is 19.8. The van der Waals surface area contributed by atoms with E-state index in [-0.39, 0.29) is 25.7 Å². The molecule has 12 heteroatoms. The van der Waals surface area contributed by atoms with Gasteiger partial charge in [0.25, 0.3) is 0 Å². The number of carbonyl (C=O) groups is 2. The van der Waals surface area contributed by atoms with Crippen LogP contribution < -0.4 is 0 Å². The van der Waals surface area contributed by atoms with E-state index in [9.17, 15) is 19.8 Å². The molecule has 5 rings (SSSR count). The summed E-state index contributed by atoms with van der Waals surface area (Å²) >= 11 is 15.2. The normalized spacial score (nSPS) is 13.3. The predicted molar refractivity (Wildman–Crippen MR) is 180 cm³/mol. The Balaban J connectivity index is 1.99. The number of aliphatic carboxylic acids is 2. The highest BCUT2D eigenvalue weighted by Gasteiger charge is 2.28. The quantitative estimate of drug-likeness (QED) is 0.196. The number of hydrogen-bond acceptors (Lipinski definition) is 4. The van der Waals surface area contributed by atoms with E-state index >= 15 is 0 Å². The Morgan fingerprint density at radius 3 is 1.52 bits per heavy atom. The van der Waals surface area contributed by atoms with Gasteiger partial charge in [-0.05, 0) is 150 Å². The predicted octanol–water partition coefficient (Wildman–Crippen LogP) is 9.57. The maximum Gasteiger partial charge on any atom is 0.303 e. The third-order valence-corrected chi connectivity index (χ3v) is 10.7. The van der Waals surface area contributed by atoms with Gasteiger partial charge in [0.15, 0.2) is 0 Å². The summed E-state index contributed by atoms with van der Waals surface area (Å²) in [6.45, 7) is 7.90. The summed E-state index contributed by atoms with van der Waals surface area (Å²) in [4.78, 5) is 40.3. The van der Waals surface area contributed by atoms with Crippen LogP contribution in [-0.4, -0.2) is 42.1 Å². The lowest BCUT2D eigenvalue weighted by molar-refractivity contribution is -0.137. The van der Waals surface area contributed by atoms with Crippen LogP contribution in [0.2, 0.25) is 0 Å². The van der Waals surface area contributed by atoms with Gasteiger partial charge < -0.3 is 20.2 Å². The van der Waals surface area contributed by atoms with Gasteiger partial charge in [-0.3, -0.25) is 9.59 Å². The first kappa shape index (κ1) is 30.9. The van der Waals surface area contributed by atoms with Crippen molar-refractivity contribution in [2.24, 2.45) is 0 Å². The molecule has 0 amide bonds. The number of aromatic amines is 2. The van der Waals surface area contributed by atoms with Crippen LogP contribution in [0.15, 0.2) is 30.0 Å². The number of aryl methyl sites for hydroxylation is 2. The molecule has 2 aliphatic heterocycles. The molecule has 0 atom stereocenters. The van der Waals surface area contributed by atoms with E-state index < -0.39 is 11.9 Å². The largest absolute Gasteiger partial charge is 0.481 e. The number of allylic oxidation sites excluding steroid dienone is 4. The molecule has 8 bridgehead atoms. The fraction of sp³-hybridized carbons (Fsp3) is 0.267. The Hall–Kier alpha value is -2.54. The van der Waals surface area contributed by atoms with Crippen molar-refractivity contribution in [3.05, 3.63) is 63.9 Å². The molecule has 0 saturated carbocycles. The highest BCUT2D eigenvalue weighted by atomic mass is 79.9. The molecule has 0 aliphatic carbocycles. The summed E-state index contributed by atoms with van der Waals surface area (Å²) in [6, 6.07) is 4.10. The fourth-order valence-corrected chi connectivity index (χ4v) is 8.01. The number of halogens is 4. The smallest absolute Gasteiger partial charge is 0.303 e. The Morgan fingerprint density at radius 2 is 1.05 bits per heavy atom. The highest BCUT2D eigenvalue weighted by molar-refractivity contribution is 9.11. The molecule has 5 heterocycles. The number of nitrogens with zero attached hydrogens (tertiary/aromatic N) is 2. The van der Waals surface area contributed by atoms with Gasteiger partial charge in [-0.15, -0.1) is 0 Å². The number of fused-ring (bicyclic) bond motifs is 8. The zero-order valence-electron chi connectivity index (χ0n) is 23.1. The lowest BCUT2D eigenvalue weighted by Gasteiger charge is -2.07. The van der Waals surface area contributed by atoms with Gasteiger partial charge in [-0.1, -0.05) is 0 Å². The van der Waals surface area contributed by atoms with Crippen LogP contribution in [-0.2, 0) is 9.59 Å². The standard InChI is InChI=1S/C30H26Br4N4O4/c1-11-9-18-22(32)27-13(3)15(5-7-19(39)40)30(37-27)24(34)28-14(4)16(6-8-20(41)42)29(38-28)23(33)26-12(2)10-17(36-26)21(31)25(11)35-18/h9-10,35-36H,5-8H2,1-4H3,(H,39,40)(H,41,42). The van der Waals surface area contributed by atoms with Crippen LogP contribution >= 0.6 is 63.7 Å².